The van der Waals surface area contributed by atoms with Crippen LogP contribution in [0.4, 0.5) is 5.69 Å². The van der Waals surface area contributed by atoms with E-state index < -0.39 is 17.2 Å². The standard InChI is InChI=1S/C19H20N4O2S/c1-11-5-6-13(7-12(11)2)22-16(24)10-26-18-15(9-21)19(3,4)14(8-20)17(25)23-18/h5-7,14H,10H2,1-4H3,(H,22,24)(H,23,25)/t14-/m0/s1. The van der Waals surface area contributed by atoms with E-state index in [0.29, 0.717) is 16.3 Å². The van der Waals surface area contributed by atoms with Crippen LogP contribution in [0.2, 0.25) is 0 Å². The zero-order valence-corrected chi connectivity index (χ0v) is 16.0. The number of nitriles is 2. The molecule has 26 heavy (non-hydrogen) atoms. The van der Waals surface area contributed by atoms with Crippen LogP contribution in [-0.2, 0) is 9.59 Å². The predicted octanol–water partition coefficient (Wildman–Crippen LogP) is 3.01. The lowest BCUT2D eigenvalue weighted by atomic mass is 9.72. The van der Waals surface area contributed by atoms with Gasteiger partial charge in [0.05, 0.1) is 28.5 Å². The van der Waals surface area contributed by atoms with Crippen molar-refractivity contribution in [1.82, 2.24) is 5.32 Å². The van der Waals surface area contributed by atoms with Gasteiger partial charge in [-0.25, -0.2) is 0 Å². The molecule has 0 unspecified atom stereocenters. The van der Waals surface area contributed by atoms with Gasteiger partial charge in [-0.1, -0.05) is 31.7 Å². The van der Waals surface area contributed by atoms with Crippen LogP contribution >= 0.6 is 11.8 Å². The lowest BCUT2D eigenvalue weighted by Crippen LogP contribution is -2.44. The number of thioether (sulfide) groups is 1. The number of rotatable bonds is 4. The van der Waals surface area contributed by atoms with Gasteiger partial charge in [-0.3, -0.25) is 9.59 Å². The minimum atomic E-state index is -0.939. The van der Waals surface area contributed by atoms with E-state index in [9.17, 15) is 20.1 Å². The van der Waals surface area contributed by atoms with Crippen molar-refractivity contribution in [2.75, 3.05) is 11.1 Å². The van der Waals surface area contributed by atoms with E-state index in [1.54, 1.807) is 13.8 Å². The third-order valence-electron chi connectivity index (χ3n) is 4.47. The van der Waals surface area contributed by atoms with Crippen molar-refractivity contribution in [1.29, 1.82) is 10.5 Å². The number of aryl methyl sites for hydroxylation is 2. The maximum atomic E-state index is 12.2. The Balaban J connectivity index is 2.12. The molecule has 2 rings (SSSR count). The molecule has 1 aliphatic heterocycles. The van der Waals surface area contributed by atoms with Crippen LogP contribution in [0, 0.1) is 47.8 Å². The predicted molar refractivity (Wildman–Crippen MR) is 101 cm³/mol. The first kappa shape index (κ1) is 19.6. The molecule has 1 aliphatic rings. The summed E-state index contributed by atoms with van der Waals surface area (Å²) in [5.74, 6) is -1.59. The average Bonchev–Trinajstić information content (AvgIpc) is 2.56. The molecule has 0 aromatic heterocycles. The Morgan fingerprint density at radius 1 is 1.31 bits per heavy atom. The van der Waals surface area contributed by atoms with Crippen molar-refractivity contribution in [3.63, 3.8) is 0 Å². The molecule has 6 nitrogen and oxygen atoms in total. The number of allylic oxidation sites excluding steroid dienone is 1. The Labute approximate surface area is 157 Å². The molecular weight excluding hydrogens is 348 g/mol. The average molecular weight is 368 g/mol. The molecule has 0 radical (unpaired) electrons. The summed E-state index contributed by atoms with van der Waals surface area (Å²) in [6.07, 6.45) is 0. The Bertz CT molecular complexity index is 875. The molecule has 0 spiro atoms. The molecule has 0 fully saturated rings. The molecular formula is C19H20N4O2S. The fourth-order valence-corrected chi connectivity index (χ4v) is 3.66. The first-order valence-electron chi connectivity index (χ1n) is 8.06. The molecule has 1 heterocycles. The summed E-state index contributed by atoms with van der Waals surface area (Å²) < 4.78 is 0. The van der Waals surface area contributed by atoms with Gasteiger partial charge >= 0.3 is 0 Å². The van der Waals surface area contributed by atoms with Gasteiger partial charge in [-0.2, -0.15) is 10.5 Å². The number of hydrogen-bond donors (Lipinski definition) is 2. The summed E-state index contributed by atoms with van der Waals surface area (Å²) in [5, 5.41) is 24.4. The number of nitrogens with one attached hydrogen (secondary N) is 2. The first-order valence-corrected chi connectivity index (χ1v) is 9.04. The lowest BCUT2D eigenvalue weighted by molar-refractivity contribution is -0.125. The Hall–Kier alpha value is -2.77. The number of hydrogen-bond acceptors (Lipinski definition) is 5. The van der Waals surface area contributed by atoms with Crippen LogP contribution in [0.3, 0.4) is 0 Å². The van der Waals surface area contributed by atoms with E-state index >= 15 is 0 Å². The summed E-state index contributed by atoms with van der Waals surface area (Å²) in [7, 11) is 0. The minimum Gasteiger partial charge on any atom is -0.325 e. The van der Waals surface area contributed by atoms with Gasteiger partial charge in [0.2, 0.25) is 11.8 Å². The summed E-state index contributed by atoms with van der Waals surface area (Å²) >= 11 is 1.09. The van der Waals surface area contributed by atoms with Crippen LogP contribution in [0.25, 0.3) is 0 Å². The quantitative estimate of drug-likeness (QED) is 0.850. The molecule has 134 valence electrons. The number of nitrogens with zero attached hydrogens (tertiary/aromatic N) is 2. The number of carbonyl (C=O) groups is 2. The van der Waals surface area contributed by atoms with Gasteiger partial charge in [-0.05, 0) is 37.1 Å². The monoisotopic (exact) mass is 368 g/mol. The van der Waals surface area contributed by atoms with Crippen molar-refractivity contribution >= 4 is 29.3 Å². The summed E-state index contributed by atoms with van der Waals surface area (Å²) in [6, 6.07) is 9.68. The van der Waals surface area contributed by atoms with Gasteiger partial charge in [0.15, 0.2) is 0 Å². The van der Waals surface area contributed by atoms with Crippen LogP contribution in [0.1, 0.15) is 25.0 Å². The van der Waals surface area contributed by atoms with Gasteiger partial charge in [0.1, 0.15) is 5.92 Å². The fraction of sp³-hybridized carbons (Fsp3) is 0.368. The van der Waals surface area contributed by atoms with Crippen LogP contribution in [0.5, 0.6) is 0 Å². The molecule has 0 aliphatic carbocycles. The second-order valence-corrected chi connectivity index (χ2v) is 7.71. The zero-order chi connectivity index (χ0) is 19.5. The summed E-state index contributed by atoms with van der Waals surface area (Å²) in [6.45, 7) is 7.34. The van der Waals surface area contributed by atoms with E-state index in [1.807, 2.05) is 38.1 Å². The summed E-state index contributed by atoms with van der Waals surface area (Å²) in [5.41, 5.74) is 2.33. The molecule has 1 aromatic carbocycles. The van der Waals surface area contributed by atoms with Crippen molar-refractivity contribution < 1.29 is 9.59 Å². The molecule has 2 N–H and O–H groups in total. The highest BCUT2D eigenvalue weighted by atomic mass is 32.2. The van der Waals surface area contributed by atoms with Crippen LogP contribution in [-0.4, -0.2) is 17.6 Å². The van der Waals surface area contributed by atoms with Crippen molar-refractivity contribution in [2.45, 2.75) is 27.7 Å². The van der Waals surface area contributed by atoms with E-state index in [2.05, 4.69) is 16.7 Å². The molecule has 1 aromatic rings. The topological polar surface area (TPSA) is 106 Å². The Morgan fingerprint density at radius 3 is 2.58 bits per heavy atom. The number of anilines is 1. The van der Waals surface area contributed by atoms with Gasteiger partial charge in [0.25, 0.3) is 0 Å². The van der Waals surface area contributed by atoms with E-state index in [-0.39, 0.29) is 11.7 Å². The molecule has 2 amide bonds. The Kier molecular flexibility index (Phi) is 5.74. The smallest absolute Gasteiger partial charge is 0.243 e. The number of amides is 2. The second kappa shape index (κ2) is 7.63. The van der Waals surface area contributed by atoms with Gasteiger partial charge in [0, 0.05) is 11.1 Å². The van der Waals surface area contributed by atoms with E-state index in [1.165, 1.54) is 0 Å². The lowest BCUT2D eigenvalue weighted by Gasteiger charge is -2.34. The molecule has 0 saturated heterocycles. The molecule has 1 atom stereocenters. The highest BCUT2D eigenvalue weighted by molar-refractivity contribution is 8.03. The minimum absolute atomic E-state index is 0.0427. The van der Waals surface area contributed by atoms with E-state index in [4.69, 9.17) is 0 Å². The van der Waals surface area contributed by atoms with Crippen molar-refractivity contribution in [2.24, 2.45) is 11.3 Å². The van der Waals surface area contributed by atoms with Gasteiger partial charge in [-0.15, -0.1) is 0 Å². The van der Waals surface area contributed by atoms with Crippen molar-refractivity contribution in [3.8, 4) is 12.1 Å². The Morgan fingerprint density at radius 2 is 2.00 bits per heavy atom. The van der Waals surface area contributed by atoms with Gasteiger partial charge < -0.3 is 10.6 Å². The van der Waals surface area contributed by atoms with Crippen molar-refractivity contribution in [3.05, 3.63) is 39.9 Å². The first-order chi connectivity index (χ1) is 12.2. The van der Waals surface area contributed by atoms with Crippen LogP contribution < -0.4 is 10.6 Å². The highest BCUT2D eigenvalue weighted by Crippen LogP contribution is 2.41. The fourth-order valence-electron chi connectivity index (χ4n) is 2.69. The SMILES string of the molecule is Cc1ccc(NC(=O)CSC2=C(C#N)C(C)(C)[C@@H](C#N)C(=O)N2)cc1C. The molecule has 7 heteroatoms. The maximum Gasteiger partial charge on any atom is 0.243 e. The number of benzene rings is 1. The van der Waals surface area contributed by atoms with Crippen LogP contribution in [0.15, 0.2) is 28.8 Å². The third-order valence-corrected chi connectivity index (χ3v) is 5.47. The second-order valence-electron chi connectivity index (χ2n) is 6.72. The number of carbonyl (C=O) groups excluding carboxylic acids is 2. The zero-order valence-electron chi connectivity index (χ0n) is 15.1. The maximum absolute atomic E-state index is 12.2. The highest BCUT2D eigenvalue weighted by Gasteiger charge is 2.44. The normalized spacial score (nSPS) is 18.5. The summed E-state index contributed by atoms with van der Waals surface area (Å²) in [4.78, 5) is 24.3. The third kappa shape index (κ3) is 3.89. The molecule has 0 saturated carbocycles. The van der Waals surface area contributed by atoms with E-state index in [0.717, 1.165) is 22.9 Å². The largest absolute Gasteiger partial charge is 0.325 e. The molecule has 0 bridgehead atoms.